The number of carbonyl (C=O) groups excluding carboxylic acids is 2. The Morgan fingerprint density at radius 2 is 1.88 bits per heavy atom. The van der Waals surface area contributed by atoms with Gasteiger partial charge in [0, 0.05) is 5.02 Å². The second-order valence-corrected chi connectivity index (χ2v) is 6.26. The molecule has 130 valence electrons. The lowest BCUT2D eigenvalue weighted by molar-refractivity contribution is -0.127. The lowest BCUT2D eigenvalue weighted by Crippen LogP contribution is -2.35. The molecule has 1 saturated heterocycles. The average Bonchev–Trinajstić information content (AvgIpc) is 2.88. The summed E-state index contributed by atoms with van der Waals surface area (Å²) >= 11 is 5.89. The average molecular weight is 359 g/mol. The second-order valence-electron chi connectivity index (χ2n) is 5.82. The number of aryl methyl sites for hydroxylation is 1. The van der Waals surface area contributed by atoms with E-state index in [0.29, 0.717) is 17.2 Å². The standard InChI is InChI=1S/C19H19ClN2O3/c20-15-7-4-8-16(13-15)25-12-11-22-18(23)17(21-19(22)24)10-9-14-5-2-1-3-6-14/h1-8,13,17H,9-12H2,(H,21,24). The molecule has 6 heteroatoms. The van der Waals surface area contributed by atoms with Crippen molar-refractivity contribution in [2.75, 3.05) is 13.2 Å². The molecule has 0 spiro atoms. The van der Waals surface area contributed by atoms with Gasteiger partial charge < -0.3 is 10.1 Å². The summed E-state index contributed by atoms with van der Waals surface area (Å²) in [5.41, 5.74) is 1.15. The van der Waals surface area contributed by atoms with Gasteiger partial charge in [-0.1, -0.05) is 48.0 Å². The molecule has 2 aromatic rings. The zero-order valence-corrected chi connectivity index (χ0v) is 14.4. The van der Waals surface area contributed by atoms with Crippen LogP contribution in [-0.4, -0.2) is 36.0 Å². The molecule has 25 heavy (non-hydrogen) atoms. The molecule has 1 unspecified atom stereocenters. The summed E-state index contributed by atoms with van der Waals surface area (Å²) in [6, 6.07) is 16.1. The number of hydrogen-bond acceptors (Lipinski definition) is 3. The minimum Gasteiger partial charge on any atom is -0.492 e. The molecule has 0 saturated carbocycles. The normalized spacial score (nSPS) is 16.8. The van der Waals surface area contributed by atoms with Crippen molar-refractivity contribution < 1.29 is 14.3 Å². The first-order valence-electron chi connectivity index (χ1n) is 8.17. The first-order valence-corrected chi connectivity index (χ1v) is 8.55. The van der Waals surface area contributed by atoms with E-state index < -0.39 is 6.04 Å². The van der Waals surface area contributed by atoms with E-state index >= 15 is 0 Å². The molecule has 0 aromatic heterocycles. The van der Waals surface area contributed by atoms with E-state index in [1.54, 1.807) is 24.3 Å². The number of amides is 3. The number of urea groups is 1. The fourth-order valence-electron chi connectivity index (χ4n) is 2.75. The SMILES string of the molecule is O=C1NC(CCc2ccccc2)C(=O)N1CCOc1cccc(Cl)c1. The van der Waals surface area contributed by atoms with Gasteiger partial charge in [-0.15, -0.1) is 0 Å². The Hall–Kier alpha value is -2.53. The van der Waals surface area contributed by atoms with E-state index in [0.717, 1.165) is 12.0 Å². The van der Waals surface area contributed by atoms with Gasteiger partial charge >= 0.3 is 6.03 Å². The van der Waals surface area contributed by atoms with Gasteiger partial charge in [-0.2, -0.15) is 0 Å². The molecule has 1 aliphatic heterocycles. The quantitative estimate of drug-likeness (QED) is 0.773. The van der Waals surface area contributed by atoms with Gasteiger partial charge in [-0.3, -0.25) is 9.69 Å². The van der Waals surface area contributed by atoms with Crippen molar-refractivity contribution >= 4 is 23.5 Å². The van der Waals surface area contributed by atoms with Crippen LogP contribution in [0, 0.1) is 0 Å². The Morgan fingerprint density at radius 3 is 2.64 bits per heavy atom. The van der Waals surface area contributed by atoms with Crippen molar-refractivity contribution in [3.63, 3.8) is 0 Å². The van der Waals surface area contributed by atoms with Crippen LogP contribution in [0.15, 0.2) is 54.6 Å². The Bertz CT molecular complexity index is 751. The first-order chi connectivity index (χ1) is 12.1. The van der Waals surface area contributed by atoms with Crippen LogP contribution in [0.2, 0.25) is 5.02 Å². The third-order valence-electron chi connectivity index (χ3n) is 4.05. The van der Waals surface area contributed by atoms with E-state index in [2.05, 4.69) is 5.32 Å². The van der Waals surface area contributed by atoms with Gasteiger partial charge in [0.25, 0.3) is 5.91 Å². The van der Waals surface area contributed by atoms with Crippen molar-refractivity contribution in [2.24, 2.45) is 0 Å². The molecule has 0 aliphatic carbocycles. The second kappa shape index (κ2) is 8.03. The maximum Gasteiger partial charge on any atom is 0.324 e. The third kappa shape index (κ3) is 4.51. The van der Waals surface area contributed by atoms with E-state index in [4.69, 9.17) is 16.3 Å². The molecule has 3 amide bonds. The van der Waals surface area contributed by atoms with Gasteiger partial charge in [-0.25, -0.2) is 4.79 Å². The summed E-state index contributed by atoms with van der Waals surface area (Å²) in [4.78, 5) is 25.6. The number of hydrogen-bond donors (Lipinski definition) is 1. The molecule has 0 bridgehead atoms. The highest BCUT2D eigenvalue weighted by Crippen LogP contribution is 2.17. The fraction of sp³-hybridized carbons (Fsp3) is 0.263. The smallest absolute Gasteiger partial charge is 0.324 e. The molecule has 5 nitrogen and oxygen atoms in total. The van der Waals surface area contributed by atoms with Crippen LogP contribution in [0.5, 0.6) is 5.75 Å². The van der Waals surface area contributed by atoms with Crippen molar-refractivity contribution in [1.82, 2.24) is 10.2 Å². The van der Waals surface area contributed by atoms with Gasteiger partial charge in [0.2, 0.25) is 0 Å². The molecule has 1 heterocycles. The maximum absolute atomic E-state index is 12.4. The van der Waals surface area contributed by atoms with Gasteiger partial charge in [-0.05, 0) is 36.6 Å². The first kappa shape index (κ1) is 17.3. The number of nitrogens with one attached hydrogen (secondary N) is 1. The molecule has 1 N–H and O–H groups in total. The molecule has 1 aliphatic rings. The van der Waals surface area contributed by atoms with Gasteiger partial charge in [0.1, 0.15) is 18.4 Å². The Kier molecular flexibility index (Phi) is 5.56. The van der Waals surface area contributed by atoms with Crippen molar-refractivity contribution in [3.05, 3.63) is 65.2 Å². The number of imide groups is 1. The third-order valence-corrected chi connectivity index (χ3v) is 4.29. The van der Waals surface area contributed by atoms with E-state index in [1.165, 1.54) is 4.90 Å². The lowest BCUT2D eigenvalue weighted by Gasteiger charge is -2.14. The van der Waals surface area contributed by atoms with E-state index in [9.17, 15) is 9.59 Å². The molecular formula is C19H19ClN2O3. The molecular weight excluding hydrogens is 340 g/mol. The lowest BCUT2D eigenvalue weighted by atomic mass is 10.1. The molecule has 0 radical (unpaired) electrons. The highest BCUT2D eigenvalue weighted by atomic mass is 35.5. The number of nitrogens with zero attached hydrogens (tertiary/aromatic N) is 1. The van der Waals surface area contributed by atoms with Crippen molar-refractivity contribution in [3.8, 4) is 5.75 Å². The van der Waals surface area contributed by atoms with Crippen LogP contribution in [0.4, 0.5) is 4.79 Å². The summed E-state index contributed by atoms with van der Waals surface area (Å²) in [5.74, 6) is 0.413. The van der Waals surface area contributed by atoms with Crippen LogP contribution >= 0.6 is 11.6 Å². The minimum absolute atomic E-state index is 0.198. The van der Waals surface area contributed by atoms with Crippen LogP contribution < -0.4 is 10.1 Å². The van der Waals surface area contributed by atoms with Gasteiger partial charge in [0.15, 0.2) is 0 Å². The predicted octanol–water partition coefficient (Wildman–Crippen LogP) is 3.27. The van der Waals surface area contributed by atoms with Crippen LogP contribution in [-0.2, 0) is 11.2 Å². The molecule has 3 rings (SSSR count). The summed E-state index contributed by atoms with van der Waals surface area (Å²) in [5, 5.41) is 3.32. The number of rotatable bonds is 7. The van der Waals surface area contributed by atoms with Crippen LogP contribution in [0.1, 0.15) is 12.0 Å². The fourth-order valence-corrected chi connectivity index (χ4v) is 2.93. The molecule has 1 atom stereocenters. The Morgan fingerprint density at radius 1 is 1.08 bits per heavy atom. The number of benzene rings is 2. The van der Waals surface area contributed by atoms with Crippen molar-refractivity contribution in [1.29, 1.82) is 0 Å². The topological polar surface area (TPSA) is 58.6 Å². The highest BCUT2D eigenvalue weighted by molar-refractivity contribution is 6.30. The Balaban J connectivity index is 1.49. The van der Waals surface area contributed by atoms with Crippen LogP contribution in [0.25, 0.3) is 0 Å². The van der Waals surface area contributed by atoms with E-state index in [-0.39, 0.29) is 25.1 Å². The summed E-state index contributed by atoms with van der Waals surface area (Å²) in [6.07, 6.45) is 1.32. The minimum atomic E-state index is -0.473. The summed E-state index contributed by atoms with van der Waals surface area (Å²) in [7, 11) is 0. The van der Waals surface area contributed by atoms with Gasteiger partial charge in [0.05, 0.1) is 6.54 Å². The predicted molar refractivity (Wildman–Crippen MR) is 95.7 cm³/mol. The monoisotopic (exact) mass is 358 g/mol. The summed E-state index contributed by atoms with van der Waals surface area (Å²) < 4.78 is 5.55. The number of ether oxygens (including phenoxy) is 1. The highest BCUT2D eigenvalue weighted by Gasteiger charge is 2.37. The zero-order valence-electron chi connectivity index (χ0n) is 13.7. The number of carbonyl (C=O) groups is 2. The Labute approximate surface area is 151 Å². The van der Waals surface area contributed by atoms with E-state index in [1.807, 2.05) is 30.3 Å². The van der Waals surface area contributed by atoms with Crippen molar-refractivity contribution in [2.45, 2.75) is 18.9 Å². The maximum atomic E-state index is 12.4. The zero-order chi connectivity index (χ0) is 17.6. The number of halogens is 1. The van der Waals surface area contributed by atoms with Crippen LogP contribution in [0.3, 0.4) is 0 Å². The summed E-state index contributed by atoms with van der Waals surface area (Å²) in [6.45, 7) is 0.434. The molecule has 1 fully saturated rings. The largest absolute Gasteiger partial charge is 0.492 e. The molecule has 2 aromatic carbocycles.